The minimum absolute atomic E-state index is 0.0270. The zero-order chi connectivity index (χ0) is 10.6. The summed E-state index contributed by atoms with van der Waals surface area (Å²) in [5, 5.41) is 14.2. The van der Waals surface area contributed by atoms with E-state index in [0.29, 0.717) is 19.4 Å². The Bertz CT molecular complexity index is 251. The normalized spacial score (nSPS) is 19.1. The molecule has 0 unspecified atom stereocenters. The predicted molar refractivity (Wildman–Crippen MR) is 56.5 cm³/mol. The molecule has 0 aromatic carbocycles. The summed E-state index contributed by atoms with van der Waals surface area (Å²) < 4.78 is 0. The van der Waals surface area contributed by atoms with Gasteiger partial charge in [0.1, 0.15) is 5.41 Å². The maximum atomic E-state index is 11.6. The first-order valence-corrected chi connectivity index (χ1v) is 5.82. The van der Waals surface area contributed by atoms with Crippen molar-refractivity contribution in [1.29, 1.82) is 0 Å². The van der Waals surface area contributed by atoms with Gasteiger partial charge in [-0.05, 0) is 19.1 Å². The molecule has 1 fully saturated rings. The van der Waals surface area contributed by atoms with Crippen LogP contribution in [-0.4, -0.2) is 35.5 Å². The molecule has 0 aromatic rings. The van der Waals surface area contributed by atoms with Gasteiger partial charge in [-0.2, -0.15) is 11.8 Å². The first kappa shape index (κ1) is 11.2. The van der Waals surface area contributed by atoms with E-state index in [1.165, 1.54) is 0 Å². The fourth-order valence-corrected chi connectivity index (χ4v) is 1.56. The van der Waals surface area contributed by atoms with Crippen molar-refractivity contribution in [2.75, 3.05) is 18.6 Å². The third kappa shape index (κ3) is 2.12. The number of oxime groups is 1. The molecule has 6 heteroatoms. The van der Waals surface area contributed by atoms with E-state index in [1.54, 1.807) is 11.8 Å². The lowest BCUT2D eigenvalue weighted by Gasteiger charge is -2.12. The van der Waals surface area contributed by atoms with Crippen molar-refractivity contribution in [2.24, 2.45) is 16.3 Å². The zero-order valence-electron chi connectivity index (χ0n) is 8.12. The maximum Gasteiger partial charge on any atom is 0.233 e. The molecular weight excluding hydrogens is 202 g/mol. The summed E-state index contributed by atoms with van der Waals surface area (Å²) in [6.07, 6.45) is 3.32. The highest BCUT2D eigenvalue weighted by Gasteiger charge is 2.53. The minimum Gasteiger partial charge on any atom is -0.409 e. The standard InChI is InChI=1S/C8H15N3O2S/c1-14-5-4-10-7(12)8(2-3-8)6(9)11-13/h13H,2-5H2,1H3,(H2,9,11)(H,10,12). The van der Waals surface area contributed by atoms with Crippen LogP contribution >= 0.6 is 11.8 Å². The van der Waals surface area contributed by atoms with E-state index in [2.05, 4.69) is 10.5 Å². The predicted octanol–water partition coefficient (Wildman–Crippen LogP) is -0.00780. The summed E-state index contributed by atoms with van der Waals surface area (Å²) in [7, 11) is 0. The van der Waals surface area contributed by atoms with Crippen LogP contribution < -0.4 is 11.1 Å². The van der Waals surface area contributed by atoms with Crippen molar-refractivity contribution < 1.29 is 10.0 Å². The molecule has 0 radical (unpaired) electrons. The molecule has 0 saturated heterocycles. The van der Waals surface area contributed by atoms with Crippen LogP contribution in [0.5, 0.6) is 0 Å². The van der Waals surface area contributed by atoms with Gasteiger partial charge in [0.15, 0.2) is 5.84 Å². The molecule has 0 aliphatic heterocycles. The van der Waals surface area contributed by atoms with E-state index < -0.39 is 5.41 Å². The van der Waals surface area contributed by atoms with Gasteiger partial charge < -0.3 is 16.3 Å². The number of hydrogen-bond acceptors (Lipinski definition) is 4. The largest absolute Gasteiger partial charge is 0.409 e. The second-order valence-electron chi connectivity index (χ2n) is 3.32. The first-order chi connectivity index (χ1) is 6.67. The lowest BCUT2D eigenvalue weighted by Crippen LogP contribution is -2.41. The molecule has 0 aromatic heterocycles. The van der Waals surface area contributed by atoms with E-state index in [4.69, 9.17) is 10.9 Å². The van der Waals surface area contributed by atoms with Gasteiger partial charge in [-0.3, -0.25) is 4.79 Å². The Balaban J connectivity index is 2.44. The first-order valence-electron chi connectivity index (χ1n) is 4.42. The maximum absolute atomic E-state index is 11.6. The molecule has 5 nitrogen and oxygen atoms in total. The van der Waals surface area contributed by atoms with Crippen molar-refractivity contribution in [3.63, 3.8) is 0 Å². The molecule has 0 atom stereocenters. The molecule has 1 aliphatic carbocycles. The Labute approximate surface area is 87.1 Å². The number of nitrogens with zero attached hydrogens (tertiary/aromatic N) is 1. The quantitative estimate of drug-likeness (QED) is 0.199. The average molecular weight is 217 g/mol. The number of amidine groups is 1. The Kier molecular flexibility index (Phi) is 3.62. The van der Waals surface area contributed by atoms with Gasteiger partial charge in [0.05, 0.1) is 0 Å². The van der Waals surface area contributed by atoms with Crippen molar-refractivity contribution in [2.45, 2.75) is 12.8 Å². The number of carbonyl (C=O) groups is 1. The molecule has 0 bridgehead atoms. The smallest absolute Gasteiger partial charge is 0.233 e. The van der Waals surface area contributed by atoms with Gasteiger partial charge >= 0.3 is 0 Å². The van der Waals surface area contributed by atoms with Crippen molar-refractivity contribution in [1.82, 2.24) is 5.32 Å². The third-order valence-electron chi connectivity index (χ3n) is 2.37. The Morgan fingerprint density at radius 2 is 2.36 bits per heavy atom. The summed E-state index contributed by atoms with van der Waals surface area (Å²) in [5.74, 6) is 0.777. The average Bonchev–Trinajstić information content (AvgIpc) is 2.98. The van der Waals surface area contributed by atoms with Crippen LogP contribution in [0.2, 0.25) is 0 Å². The fraction of sp³-hybridized carbons (Fsp3) is 0.750. The summed E-state index contributed by atoms with van der Waals surface area (Å²) in [5.41, 5.74) is 4.74. The van der Waals surface area contributed by atoms with Crippen LogP contribution in [0.25, 0.3) is 0 Å². The summed E-state index contributed by atoms with van der Waals surface area (Å²) in [6, 6.07) is 0. The van der Waals surface area contributed by atoms with E-state index >= 15 is 0 Å². The van der Waals surface area contributed by atoms with Crippen LogP contribution in [0.3, 0.4) is 0 Å². The molecule has 1 amide bonds. The number of nitrogens with two attached hydrogens (primary N) is 1. The number of amides is 1. The van der Waals surface area contributed by atoms with E-state index in [9.17, 15) is 4.79 Å². The monoisotopic (exact) mass is 217 g/mol. The van der Waals surface area contributed by atoms with Crippen molar-refractivity contribution in [3.8, 4) is 0 Å². The molecule has 1 saturated carbocycles. The van der Waals surface area contributed by atoms with Gasteiger partial charge in [0, 0.05) is 12.3 Å². The number of rotatable bonds is 5. The second-order valence-corrected chi connectivity index (χ2v) is 4.30. The third-order valence-corrected chi connectivity index (χ3v) is 2.99. The van der Waals surface area contributed by atoms with E-state index in [0.717, 1.165) is 5.75 Å². The van der Waals surface area contributed by atoms with E-state index in [-0.39, 0.29) is 11.7 Å². The minimum atomic E-state index is -0.715. The molecule has 80 valence electrons. The molecular formula is C8H15N3O2S. The van der Waals surface area contributed by atoms with Crippen LogP contribution in [0, 0.1) is 5.41 Å². The highest BCUT2D eigenvalue weighted by atomic mass is 32.2. The summed E-state index contributed by atoms with van der Waals surface area (Å²) in [4.78, 5) is 11.6. The molecule has 1 rings (SSSR count). The van der Waals surface area contributed by atoms with E-state index in [1.807, 2.05) is 6.26 Å². The Morgan fingerprint density at radius 1 is 1.71 bits per heavy atom. The molecule has 4 N–H and O–H groups in total. The molecule has 0 spiro atoms. The Hall–Kier alpha value is -0.910. The lowest BCUT2D eigenvalue weighted by molar-refractivity contribution is -0.124. The lowest BCUT2D eigenvalue weighted by atomic mass is 10.1. The number of nitrogens with one attached hydrogen (secondary N) is 1. The highest BCUT2D eigenvalue weighted by Crippen LogP contribution is 2.45. The number of hydrogen-bond donors (Lipinski definition) is 3. The van der Waals surface area contributed by atoms with Crippen molar-refractivity contribution >= 4 is 23.5 Å². The second kappa shape index (κ2) is 4.54. The van der Waals surface area contributed by atoms with Gasteiger partial charge in [-0.1, -0.05) is 5.16 Å². The fourth-order valence-electron chi connectivity index (χ4n) is 1.26. The van der Waals surface area contributed by atoms with Gasteiger partial charge in [-0.15, -0.1) is 0 Å². The molecule has 1 aliphatic rings. The zero-order valence-corrected chi connectivity index (χ0v) is 8.93. The van der Waals surface area contributed by atoms with Crippen LogP contribution in [0.15, 0.2) is 5.16 Å². The molecule has 14 heavy (non-hydrogen) atoms. The highest BCUT2D eigenvalue weighted by molar-refractivity contribution is 7.98. The molecule has 0 heterocycles. The summed E-state index contributed by atoms with van der Waals surface area (Å²) >= 11 is 1.66. The van der Waals surface area contributed by atoms with Crippen molar-refractivity contribution in [3.05, 3.63) is 0 Å². The topological polar surface area (TPSA) is 87.7 Å². The SMILES string of the molecule is CSCCNC(=O)C1(C(N)=NO)CC1. The van der Waals surface area contributed by atoms with Crippen LogP contribution in [0.1, 0.15) is 12.8 Å². The summed E-state index contributed by atoms with van der Waals surface area (Å²) in [6.45, 7) is 0.625. The number of carbonyl (C=O) groups excluding carboxylic acids is 1. The number of thioether (sulfide) groups is 1. The Morgan fingerprint density at radius 3 is 2.79 bits per heavy atom. The van der Waals surface area contributed by atoms with Gasteiger partial charge in [-0.25, -0.2) is 0 Å². The van der Waals surface area contributed by atoms with Crippen LogP contribution in [-0.2, 0) is 4.79 Å². The van der Waals surface area contributed by atoms with Crippen LogP contribution in [0.4, 0.5) is 0 Å². The van der Waals surface area contributed by atoms with Gasteiger partial charge in [0.25, 0.3) is 0 Å². The van der Waals surface area contributed by atoms with Gasteiger partial charge in [0.2, 0.25) is 5.91 Å².